The van der Waals surface area contributed by atoms with Crippen LogP contribution in [0.4, 0.5) is 0 Å². The summed E-state index contributed by atoms with van der Waals surface area (Å²) >= 11 is 0. The van der Waals surface area contributed by atoms with Gasteiger partial charge in [-0.1, -0.05) is 43.3 Å². The van der Waals surface area contributed by atoms with Crippen LogP contribution in [-0.2, 0) is 9.31 Å². The monoisotopic (exact) mass is 292 g/mol. The van der Waals surface area contributed by atoms with E-state index in [4.69, 9.17) is 20.2 Å². The molecule has 0 atom stereocenters. The van der Waals surface area contributed by atoms with Crippen LogP contribution in [0.25, 0.3) is 0 Å². The molecule has 0 aliphatic carbocycles. The van der Waals surface area contributed by atoms with E-state index in [1.807, 2.05) is 53.7 Å². The van der Waals surface area contributed by atoms with Gasteiger partial charge in [-0.25, -0.2) is 0 Å². The smallest absolute Gasteiger partial charge is 0.409 e. The van der Waals surface area contributed by atoms with Crippen LogP contribution in [0.1, 0.15) is 47.1 Å². The predicted molar refractivity (Wildman–Crippen MR) is 86.0 cm³/mol. The maximum absolute atomic E-state index is 8.62. The number of nitrogens with zero attached hydrogens (tertiary/aromatic N) is 1. The van der Waals surface area contributed by atoms with Gasteiger partial charge >= 0.3 is 7.12 Å². The highest BCUT2D eigenvalue weighted by Gasteiger charge is 2.51. The second-order valence-corrected chi connectivity index (χ2v) is 5.70. The molecule has 0 unspecified atom stereocenters. The van der Waals surface area contributed by atoms with E-state index in [9.17, 15) is 0 Å². The Labute approximate surface area is 127 Å². The number of hydrogen-bond acceptors (Lipinski definition) is 4. The minimum atomic E-state index is -0.397. The zero-order valence-electron chi connectivity index (χ0n) is 13.7. The Morgan fingerprint density at radius 2 is 1.48 bits per heavy atom. The molecule has 1 aliphatic heterocycles. The molecular formula is C15H25BN2O3. The molecule has 2 rings (SSSR count). The Kier molecular flexibility index (Phi) is 5.42. The van der Waals surface area contributed by atoms with E-state index in [-0.39, 0.29) is 17.0 Å². The van der Waals surface area contributed by atoms with Gasteiger partial charge in [0.2, 0.25) is 0 Å². The number of hydrogen-bond donors (Lipinski definition) is 2. The van der Waals surface area contributed by atoms with Gasteiger partial charge < -0.3 is 20.2 Å². The van der Waals surface area contributed by atoms with Crippen molar-refractivity contribution in [2.45, 2.75) is 52.7 Å². The van der Waals surface area contributed by atoms with Gasteiger partial charge in [0.05, 0.1) is 11.2 Å². The van der Waals surface area contributed by atoms with Crippen molar-refractivity contribution in [2.75, 3.05) is 0 Å². The normalized spacial score (nSPS) is 19.9. The quantitative estimate of drug-likeness (QED) is 0.288. The van der Waals surface area contributed by atoms with Gasteiger partial charge in [-0.05, 0) is 33.2 Å². The van der Waals surface area contributed by atoms with Crippen LogP contribution in [0.3, 0.4) is 0 Å². The van der Waals surface area contributed by atoms with Crippen LogP contribution in [0.2, 0.25) is 0 Å². The number of amidine groups is 1. The van der Waals surface area contributed by atoms with E-state index >= 15 is 0 Å². The first kappa shape index (κ1) is 17.5. The molecule has 0 amide bonds. The van der Waals surface area contributed by atoms with E-state index in [1.165, 1.54) is 0 Å². The summed E-state index contributed by atoms with van der Waals surface area (Å²) in [5.74, 6) is 0.0838. The van der Waals surface area contributed by atoms with E-state index in [2.05, 4.69) is 5.16 Å². The Morgan fingerprint density at radius 3 is 1.86 bits per heavy atom. The summed E-state index contributed by atoms with van der Waals surface area (Å²) in [6.45, 7) is 12.0. The zero-order chi connectivity index (χ0) is 16.3. The standard InChI is InChI=1S/C13H19BN2O3.C2H6/c1-12(2)13(3,4)19-14(18-12)10-7-5-9(6-8-10)11(15)16-17;1-2/h5-8,17H,1-4H3,(H2,15,16);1-2H3. The maximum Gasteiger partial charge on any atom is 0.494 e. The molecule has 0 radical (unpaired) electrons. The molecule has 0 spiro atoms. The van der Waals surface area contributed by atoms with Crippen molar-refractivity contribution in [3.8, 4) is 0 Å². The van der Waals surface area contributed by atoms with Crippen molar-refractivity contribution >= 4 is 18.4 Å². The molecular weight excluding hydrogens is 267 g/mol. The molecule has 1 aliphatic rings. The van der Waals surface area contributed by atoms with E-state index in [0.29, 0.717) is 5.56 Å². The first-order valence-corrected chi connectivity index (χ1v) is 7.20. The third kappa shape index (κ3) is 3.57. The third-order valence-corrected chi connectivity index (χ3v) is 3.84. The molecule has 0 bridgehead atoms. The summed E-state index contributed by atoms with van der Waals surface area (Å²) in [4.78, 5) is 0. The average molecular weight is 292 g/mol. The van der Waals surface area contributed by atoms with Gasteiger partial charge in [-0.2, -0.15) is 0 Å². The van der Waals surface area contributed by atoms with Crippen LogP contribution >= 0.6 is 0 Å². The lowest BCUT2D eigenvalue weighted by atomic mass is 9.79. The lowest BCUT2D eigenvalue weighted by molar-refractivity contribution is 0.00578. The molecule has 1 saturated heterocycles. The van der Waals surface area contributed by atoms with Gasteiger partial charge in [-0.15, -0.1) is 0 Å². The first-order valence-electron chi connectivity index (χ1n) is 7.20. The number of oxime groups is 1. The highest BCUT2D eigenvalue weighted by Crippen LogP contribution is 2.36. The van der Waals surface area contributed by atoms with Gasteiger partial charge in [-0.3, -0.25) is 0 Å². The molecule has 0 saturated carbocycles. The Bertz CT molecular complexity index is 482. The van der Waals surface area contributed by atoms with Gasteiger partial charge in [0, 0.05) is 5.56 Å². The van der Waals surface area contributed by atoms with Gasteiger partial charge in [0.1, 0.15) is 0 Å². The van der Waals surface area contributed by atoms with Crippen molar-refractivity contribution in [1.82, 2.24) is 0 Å². The summed E-state index contributed by atoms with van der Waals surface area (Å²) in [6, 6.07) is 7.26. The van der Waals surface area contributed by atoms with Crippen LogP contribution in [-0.4, -0.2) is 29.4 Å². The topological polar surface area (TPSA) is 77.1 Å². The summed E-state index contributed by atoms with van der Waals surface area (Å²) in [5.41, 5.74) is 6.37. The highest BCUT2D eigenvalue weighted by atomic mass is 16.7. The Morgan fingerprint density at radius 1 is 1.05 bits per heavy atom. The highest BCUT2D eigenvalue weighted by molar-refractivity contribution is 6.62. The number of benzene rings is 1. The second kappa shape index (κ2) is 6.49. The largest absolute Gasteiger partial charge is 0.494 e. The van der Waals surface area contributed by atoms with E-state index in [1.54, 1.807) is 12.1 Å². The first-order chi connectivity index (χ1) is 9.77. The van der Waals surface area contributed by atoms with Crippen molar-refractivity contribution < 1.29 is 14.5 Å². The van der Waals surface area contributed by atoms with Gasteiger partial charge in [0.15, 0.2) is 5.84 Å². The van der Waals surface area contributed by atoms with Crippen LogP contribution < -0.4 is 11.2 Å². The van der Waals surface area contributed by atoms with E-state index < -0.39 is 7.12 Å². The van der Waals surface area contributed by atoms with Crippen molar-refractivity contribution in [3.63, 3.8) is 0 Å². The summed E-state index contributed by atoms with van der Waals surface area (Å²) in [6.07, 6.45) is 0. The molecule has 116 valence electrons. The van der Waals surface area contributed by atoms with Gasteiger partial charge in [0.25, 0.3) is 0 Å². The fourth-order valence-corrected chi connectivity index (χ4v) is 1.85. The van der Waals surface area contributed by atoms with Crippen LogP contribution in [0.5, 0.6) is 0 Å². The minimum Gasteiger partial charge on any atom is -0.409 e. The average Bonchev–Trinajstić information content (AvgIpc) is 2.69. The second-order valence-electron chi connectivity index (χ2n) is 5.70. The summed E-state index contributed by atoms with van der Waals surface area (Å²) in [5, 5.41) is 11.6. The van der Waals surface area contributed by atoms with E-state index in [0.717, 1.165) is 5.46 Å². The molecule has 1 aromatic carbocycles. The molecule has 1 fully saturated rings. The van der Waals surface area contributed by atoms with Crippen molar-refractivity contribution in [1.29, 1.82) is 0 Å². The van der Waals surface area contributed by atoms with Crippen LogP contribution in [0, 0.1) is 0 Å². The predicted octanol–water partition coefficient (Wildman–Crippen LogP) is 2.11. The molecule has 1 heterocycles. The van der Waals surface area contributed by atoms with Crippen molar-refractivity contribution in [2.24, 2.45) is 10.9 Å². The minimum absolute atomic E-state index is 0.0838. The lowest BCUT2D eigenvalue weighted by Gasteiger charge is -2.32. The molecule has 0 aromatic heterocycles. The molecule has 1 aromatic rings. The fourth-order valence-electron chi connectivity index (χ4n) is 1.85. The Balaban J connectivity index is 0.00000106. The number of nitrogens with two attached hydrogens (primary N) is 1. The summed E-state index contributed by atoms with van der Waals surface area (Å²) in [7, 11) is -0.397. The maximum atomic E-state index is 8.62. The van der Waals surface area contributed by atoms with Crippen molar-refractivity contribution in [3.05, 3.63) is 29.8 Å². The summed E-state index contributed by atoms with van der Waals surface area (Å²) < 4.78 is 11.9. The third-order valence-electron chi connectivity index (χ3n) is 3.84. The molecule has 21 heavy (non-hydrogen) atoms. The molecule has 3 N–H and O–H groups in total. The van der Waals surface area contributed by atoms with Crippen LogP contribution in [0.15, 0.2) is 29.4 Å². The fraction of sp³-hybridized carbons (Fsp3) is 0.533. The molecule has 5 nitrogen and oxygen atoms in total. The lowest BCUT2D eigenvalue weighted by Crippen LogP contribution is -2.41. The SMILES string of the molecule is CC.CC1(C)OB(c2ccc(/C(N)=N/O)cc2)OC1(C)C. The Hall–Kier alpha value is -1.53. The number of rotatable bonds is 2. The zero-order valence-corrected chi connectivity index (χ0v) is 13.7. The molecule has 6 heteroatoms.